The molecule has 0 radical (unpaired) electrons. The number of rotatable bonds is 17. The quantitative estimate of drug-likeness (QED) is 0.159. The van der Waals surface area contributed by atoms with Gasteiger partial charge in [0.15, 0.2) is 0 Å². The summed E-state index contributed by atoms with van der Waals surface area (Å²) in [6.45, 7) is 4.54. The molecule has 1 unspecified atom stereocenters. The number of allylic oxidation sites excluding steroid dienone is 2. The zero-order chi connectivity index (χ0) is 17.9. The SMILES string of the molecule is CCC(C)C=CCCCCCCCCCCCCCCC(=O)OC. The van der Waals surface area contributed by atoms with Crippen LogP contribution in [0.5, 0.6) is 0 Å². The number of ether oxygens (including phenoxy) is 1. The molecule has 0 heterocycles. The fourth-order valence-electron chi connectivity index (χ4n) is 2.87. The lowest BCUT2D eigenvalue weighted by Gasteiger charge is -2.03. The lowest BCUT2D eigenvalue weighted by Crippen LogP contribution is -1.99. The van der Waals surface area contributed by atoms with Crippen molar-refractivity contribution < 1.29 is 9.53 Å². The maximum absolute atomic E-state index is 11.0. The number of esters is 1. The Morgan fingerprint density at radius 3 is 1.75 bits per heavy atom. The Labute approximate surface area is 151 Å². The predicted octanol–water partition coefficient (Wildman–Crippen LogP) is 7.22. The highest BCUT2D eigenvalue weighted by molar-refractivity contribution is 5.68. The van der Waals surface area contributed by atoms with Crippen molar-refractivity contribution in [1.82, 2.24) is 0 Å². The van der Waals surface area contributed by atoms with Gasteiger partial charge in [-0.3, -0.25) is 4.79 Å². The van der Waals surface area contributed by atoms with Gasteiger partial charge in [-0.25, -0.2) is 0 Å². The van der Waals surface area contributed by atoms with Crippen molar-refractivity contribution in [2.75, 3.05) is 7.11 Å². The number of hydrogen-bond donors (Lipinski definition) is 0. The van der Waals surface area contributed by atoms with Gasteiger partial charge < -0.3 is 4.74 Å². The van der Waals surface area contributed by atoms with E-state index in [1.807, 2.05) is 0 Å². The van der Waals surface area contributed by atoms with Crippen molar-refractivity contribution in [3.63, 3.8) is 0 Å². The third-order valence-electron chi connectivity index (χ3n) is 4.84. The minimum absolute atomic E-state index is 0.0680. The first-order valence-corrected chi connectivity index (χ1v) is 10.4. The number of carbonyl (C=O) groups is 1. The first kappa shape index (κ1) is 23.2. The summed E-state index contributed by atoms with van der Waals surface area (Å²) in [5.41, 5.74) is 0. The highest BCUT2D eigenvalue weighted by atomic mass is 16.5. The molecule has 0 rings (SSSR count). The van der Waals surface area contributed by atoms with Gasteiger partial charge in [-0.1, -0.05) is 96.6 Å². The summed E-state index contributed by atoms with van der Waals surface area (Å²) in [6.07, 6.45) is 23.7. The van der Waals surface area contributed by atoms with E-state index < -0.39 is 0 Å². The van der Waals surface area contributed by atoms with Crippen LogP contribution in [0.15, 0.2) is 12.2 Å². The molecule has 0 saturated carbocycles. The number of unbranched alkanes of at least 4 members (excludes halogenated alkanes) is 12. The van der Waals surface area contributed by atoms with E-state index in [4.69, 9.17) is 0 Å². The molecule has 0 spiro atoms. The van der Waals surface area contributed by atoms with Crippen molar-refractivity contribution in [2.45, 2.75) is 110 Å². The molecule has 2 heteroatoms. The molecule has 0 aromatic rings. The Morgan fingerprint density at radius 1 is 0.833 bits per heavy atom. The molecule has 1 atom stereocenters. The monoisotopic (exact) mass is 338 g/mol. The van der Waals surface area contributed by atoms with Gasteiger partial charge in [0.2, 0.25) is 0 Å². The van der Waals surface area contributed by atoms with Crippen molar-refractivity contribution in [1.29, 1.82) is 0 Å². The first-order valence-electron chi connectivity index (χ1n) is 10.4. The topological polar surface area (TPSA) is 26.3 Å². The molecule has 0 aliphatic carbocycles. The predicted molar refractivity (Wildman–Crippen MR) is 105 cm³/mol. The van der Waals surface area contributed by atoms with Gasteiger partial charge in [0.1, 0.15) is 0 Å². The Balaban J connectivity index is 3.10. The fourth-order valence-corrected chi connectivity index (χ4v) is 2.87. The van der Waals surface area contributed by atoms with Crippen LogP contribution in [0.3, 0.4) is 0 Å². The van der Waals surface area contributed by atoms with Crippen LogP contribution in [0.1, 0.15) is 110 Å². The van der Waals surface area contributed by atoms with E-state index in [1.165, 1.54) is 90.6 Å². The third kappa shape index (κ3) is 17.6. The van der Waals surface area contributed by atoms with Gasteiger partial charge in [0.25, 0.3) is 0 Å². The van der Waals surface area contributed by atoms with Gasteiger partial charge in [-0.05, 0) is 25.2 Å². The molecule has 0 fully saturated rings. The van der Waals surface area contributed by atoms with Gasteiger partial charge >= 0.3 is 5.97 Å². The van der Waals surface area contributed by atoms with E-state index in [-0.39, 0.29) is 5.97 Å². The van der Waals surface area contributed by atoms with Crippen molar-refractivity contribution in [2.24, 2.45) is 5.92 Å². The summed E-state index contributed by atoms with van der Waals surface area (Å²) in [5.74, 6) is 0.680. The molecule has 2 nitrogen and oxygen atoms in total. The van der Waals surface area contributed by atoms with Crippen LogP contribution in [0.25, 0.3) is 0 Å². The molecule has 0 aromatic heterocycles. The molecule has 0 N–H and O–H groups in total. The van der Waals surface area contributed by atoms with E-state index in [2.05, 4.69) is 30.7 Å². The second-order valence-corrected chi connectivity index (χ2v) is 7.17. The average molecular weight is 339 g/mol. The van der Waals surface area contributed by atoms with Crippen LogP contribution < -0.4 is 0 Å². The Morgan fingerprint density at radius 2 is 1.29 bits per heavy atom. The van der Waals surface area contributed by atoms with Gasteiger partial charge in [-0.15, -0.1) is 0 Å². The van der Waals surface area contributed by atoms with Gasteiger partial charge in [0, 0.05) is 6.42 Å². The number of carbonyl (C=O) groups excluding carboxylic acids is 1. The normalized spacial score (nSPS) is 12.6. The smallest absolute Gasteiger partial charge is 0.305 e. The maximum atomic E-state index is 11.0. The Hall–Kier alpha value is -0.790. The summed E-state index contributed by atoms with van der Waals surface area (Å²) in [4.78, 5) is 11.0. The van der Waals surface area contributed by atoms with Crippen molar-refractivity contribution >= 4 is 5.97 Å². The molecule has 0 aliphatic heterocycles. The van der Waals surface area contributed by atoms with Crippen molar-refractivity contribution in [3.05, 3.63) is 12.2 Å². The molecule has 0 amide bonds. The number of methoxy groups -OCH3 is 1. The zero-order valence-electron chi connectivity index (χ0n) is 16.7. The minimum Gasteiger partial charge on any atom is -0.469 e. The second kappa shape index (κ2) is 18.5. The Kier molecular flexibility index (Phi) is 17.9. The van der Waals surface area contributed by atoms with E-state index in [0.717, 1.165) is 12.3 Å². The lowest BCUT2D eigenvalue weighted by molar-refractivity contribution is -0.140. The number of hydrogen-bond acceptors (Lipinski definition) is 2. The van der Waals surface area contributed by atoms with Crippen LogP contribution in [0.2, 0.25) is 0 Å². The van der Waals surface area contributed by atoms with E-state index >= 15 is 0 Å². The average Bonchev–Trinajstić information content (AvgIpc) is 2.60. The first-order chi connectivity index (χ1) is 11.7. The van der Waals surface area contributed by atoms with Gasteiger partial charge in [-0.2, -0.15) is 0 Å². The summed E-state index contributed by atoms with van der Waals surface area (Å²) < 4.78 is 4.64. The molecule has 24 heavy (non-hydrogen) atoms. The van der Waals surface area contributed by atoms with Crippen LogP contribution in [0.4, 0.5) is 0 Å². The fraction of sp³-hybridized carbons (Fsp3) is 0.864. The molecule has 0 aromatic carbocycles. The summed E-state index contributed by atoms with van der Waals surface area (Å²) in [5, 5.41) is 0. The molecule has 142 valence electrons. The van der Waals surface area contributed by atoms with Gasteiger partial charge in [0.05, 0.1) is 7.11 Å². The largest absolute Gasteiger partial charge is 0.469 e. The maximum Gasteiger partial charge on any atom is 0.305 e. The highest BCUT2D eigenvalue weighted by Gasteiger charge is 1.99. The zero-order valence-corrected chi connectivity index (χ0v) is 16.7. The molecule has 0 aliphatic rings. The minimum atomic E-state index is -0.0680. The van der Waals surface area contributed by atoms with E-state index in [1.54, 1.807) is 0 Å². The molecule has 0 saturated heterocycles. The van der Waals surface area contributed by atoms with Crippen LogP contribution in [-0.4, -0.2) is 13.1 Å². The standard InChI is InChI=1S/C22H42O2/c1-4-21(2)19-17-15-13-11-9-7-5-6-8-10-12-14-16-18-20-22(23)24-3/h17,19,21H,4-16,18,20H2,1-3H3. The van der Waals surface area contributed by atoms with Crippen LogP contribution >= 0.6 is 0 Å². The third-order valence-corrected chi connectivity index (χ3v) is 4.84. The van der Waals surface area contributed by atoms with E-state index in [0.29, 0.717) is 6.42 Å². The molecular weight excluding hydrogens is 296 g/mol. The van der Waals surface area contributed by atoms with E-state index in [9.17, 15) is 4.79 Å². The summed E-state index contributed by atoms with van der Waals surface area (Å²) in [6, 6.07) is 0. The highest BCUT2D eigenvalue weighted by Crippen LogP contribution is 2.13. The molecular formula is C22H42O2. The summed E-state index contributed by atoms with van der Waals surface area (Å²) in [7, 11) is 1.47. The van der Waals surface area contributed by atoms with Crippen LogP contribution in [0, 0.1) is 5.92 Å². The Bertz CT molecular complexity index is 296. The molecule has 0 bridgehead atoms. The lowest BCUT2D eigenvalue weighted by atomic mass is 10.0. The summed E-state index contributed by atoms with van der Waals surface area (Å²) >= 11 is 0. The second-order valence-electron chi connectivity index (χ2n) is 7.17. The van der Waals surface area contributed by atoms with Crippen LogP contribution in [-0.2, 0) is 9.53 Å². The van der Waals surface area contributed by atoms with Crippen molar-refractivity contribution in [3.8, 4) is 0 Å².